The van der Waals surface area contributed by atoms with Crippen molar-refractivity contribution in [3.05, 3.63) is 0 Å². The number of hydrogen-bond acceptors (Lipinski definition) is 2. The number of carboxylic acid groups (broad SMARTS) is 1. The Morgan fingerprint density at radius 3 is 1.85 bits per heavy atom. The Hall–Kier alpha value is -1.06. The van der Waals surface area contributed by atoms with E-state index in [0.29, 0.717) is 0 Å². The molecule has 1 rings (SSSR count). The minimum absolute atomic E-state index is 0.155. The van der Waals surface area contributed by atoms with Gasteiger partial charge in [0.2, 0.25) is 5.91 Å². The highest BCUT2D eigenvalue weighted by Crippen LogP contribution is 2.47. The molecule has 0 saturated heterocycles. The molecule has 0 aliphatic heterocycles. The van der Waals surface area contributed by atoms with Crippen molar-refractivity contribution in [3.63, 3.8) is 0 Å². The number of carboxylic acids is 1. The Bertz CT molecular complexity index is 223. The van der Waals surface area contributed by atoms with Crippen LogP contribution in [0.4, 0.5) is 0 Å². The predicted octanol–water partition coefficient (Wildman–Crippen LogP) is 0.609. The molecule has 3 N–H and O–H groups in total. The Morgan fingerprint density at radius 1 is 1.31 bits per heavy atom. The summed E-state index contributed by atoms with van der Waals surface area (Å²) in [5, 5.41) is 9.07. The first-order valence-corrected chi connectivity index (χ1v) is 4.47. The molecule has 74 valence electrons. The second-order valence-electron chi connectivity index (χ2n) is 3.92. The third kappa shape index (κ3) is 1.12. The van der Waals surface area contributed by atoms with E-state index in [9.17, 15) is 9.59 Å². The number of carbonyl (C=O) groups is 2. The summed E-state index contributed by atoms with van der Waals surface area (Å²) in [6.45, 7) is 3.56. The fraction of sp³-hybridized carbons (Fsp3) is 0.778. The third-order valence-corrected chi connectivity index (χ3v) is 3.35. The van der Waals surface area contributed by atoms with E-state index in [2.05, 4.69) is 0 Å². The molecule has 0 aromatic carbocycles. The molecule has 0 radical (unpaired) electrons. The molecule has 0 aromatic rings. The van der Waals surface area contributed by atoms with Crippen molar-refractivity contribution in [3.8, 4) is 0 Å². The van der Waals surface area contributed by atoms with Gasteiger partial charge in [-0.2, -0.15) is 0 Å². The number of amides is 1. The Labute approximate surface area is 77.1 Å². The molecular formula is C9H15NO3. The van der Waals surface area contributed by atoms with Crippen LogP contribution in [0, 0.1) is 17.3 Å². The summed E-state index contributed by atoms with van der Waals surface area (Å²) in [6.07, 6.45) is 1.52. The van der Waals surface area contributed by atoms with Crippen LogP contribution in [0.3, 0.4) is 0 Å². The van der Waals surface area contributed by atoms with Crippen molar-refractivity contribution in [1.82, 2.24) is 0 Å². The lowest BCUT2D eigenvalue weighted by Crippen LogP contribution is -2.49. The largest absolute Gasteiger partial charge is 0.480 e. The summed E-state index contributed by atoms with van der Waals surface area (Å²) in [5.41, 5.74) is 3.86. The molecule has 1 aliphatic carbocycles. The molecular weight excluding hydrogens is 170 g/mol. The van der Waals surface area contributed by atoms with E-state index in [0.717, 1.165) is 12.8 Å². The van der Waals surface area contributed by atoms with Gasteiger partial charge in [0.25, 0.3) is 0 Å². The number of rotatable bonds is 2. The molecule has 2 atom stereocenters. The Morgan fingerprint density at radius 2 is 1.69 bits per heavy atom. The van der Waals surface area contributed by atoms with Crippen molar-refractivity contribution in [2.45, 2.75) is 26.7 Å². The zero-order valence-electron chi connectivity index (χ0n) is 7.91. The van der Waals surface area contributed by atoms with Crippen molar-refractivity contribution in [2.75, 3.05) is 0 Å². The first-order chi connectivity index (χ1) is 5.94. The molecule has 1 saturated carbocycles. The van der Waals surface area contributed by atoms with Gasteiger partial charge in [0, 0.05) is 0 Å². The highest BCUT2D eigenvalue weighted by atomic mass is 16.4. The van der Waals surface area contributed by atoms with E-state index < -0.39 is 17.3 Å². The monoisotopic (exact) mass is 185 g/mol. The maximum Gasteiger partial charge on any atom is 0.319 e. The fourth-order valence-corrected chi connectivity index (χ4v) is 2.45. The van der Waals surface area contributed by atoms with Crippen LogP contribution >= 0.6 is 0 Å². The van der Waals surface area contributed by atoms with E-state index in [4.69, 9.17) is 10.8 Å². The SMILES string of the molecule is CC1CCC(C)C1(C(N)=O)C(=O)O. The van der Waals surface area contributed by atoms with E-state index in [1.165, 1.54) is 0 Å². The minimum Gasteiger partial charge on any atom is -0.480 e. The molecule has 4 heteroatoms. The Kier molecular flexibility index (Phi) is 2.32. The molecule has 1 amide bonds. The Balaban J connectivity index is 3.15. The molecule has 1 aliphatic rings. The van der Waals surface area contributed by atoms with Crippen molar-refractivity contribution >= 4 is 11.9 Å². The van der Waals surface area contributed by atoms with E-state index in [1.807, 2.05) is 0 Å². The molecule has 0 bridgehead atoms. The smallest absolute Gasteiger partial charge is 0.319 e. The van der Waals surface area contributed by atoms with Crippen LogP contribution < -0.4 is 5.73 Å². The maximum absolute atomic E-state index is 11.2. The number of primary amides is 1. The van der Waals surface area contributed by atoms with Gasteiger partial charge in [-0.05, 0) is 24.7 Å². The van der Waals surface area contributed by atoms with Gasteiger partial charge in [-0.3, -0.25) is 9.59 Å². The van der Waals surface area contributed by atoms with E-state index >= 15 is 0 Å². The van der Waals surface area contributed by atoms with Gasteiger partial charge in [-0.25, -0.2) is 0 Å². The zero-order chi connectivity index (χ0) is 10.2. The number of nitrogens with two attached hydrogens (primary N) is 1. The van der Waals surface area contributed by atoms with Gasteiger partial charge >= 0.3 is 5.97 Å². The highest BCUT2D eigenvalue weighted by Gasteiger charge is 2.56. The molecule has 0 heterocycles. The maximum atomic E-state index is 11.2. The lowest BCUT2D eigenvalue weighted by atomic mass is 9.72. The molecule has 13 heavy (non-hydrogen) atoms. The zero-order valence-corrected chi connectivity index (χ0v) is 7.91. The van der Waals surface area contributed by atoms with Crippen LogP contribution in [0.2, 0.25) is 0 Å². The van der Waals surface area contributed by atoms with Crippen LogP contribution in [0.5, 0.6) is 0 Å². The molecule has 2 unspecified atom stereocenters. The van der Waals surface area contributed by atoms with Crippen LogP contribution in [-0.2, 0) is 9.59 Å². The lowest BCUT2D eigenvalue weighted by Gasteiger charge is -2.29. The second kappa shape index (κ2) is 3.01. The lowest BCUT2D eigenvalue weighted by molar-refractivity contribution is -0.159. The van der Waals surface area contributed by atoms with E-state index in [1.54, 1.807) is 13.8 Å². The summed E-state index contributed by atoms with van der Waals surface area (Å²) < 4.78 is 0. The van der Waals surface area contributed by atoms with Crippen LogP contribution in [0.15, 0.2) is 0 Å². The van der Waals surface area contributed by atoms with Gasteiger partial charge in [-0.15, -0.1) is 0 Å². The topological polar surface area (TPSA) is 80.4 Å². The minimum atomic E-state index is -1.33. The average Bonchev–Trinajstić information content (AvgIpc) is 2.27. The van der Waals surface area contributed by atoms with Crippen molar-refractivity contribution in [2.24, 2.45) is 23.0 Å². The normalized spacial score (nSPS) is 38.9. The fourth-order valence-electron chi connectivity index (χ4n) is 2.45. The predicted molar refractivity (Wildman–Crippen MR) is 46.8 cm³/mol. The number of aliphatic carboxylic acids is 1. The van der Waals surface area contributed by atoms with Crippen LogP contribution in [-0.4, -0.2) is 17.0 Å². The first kappa shape index (κ1) is 10.0. The molecule has 4 nitrogen and oxygen atoms in total. The number of carbonyl (C=O) groups excluding carboxylic acids is 1. The van der Waals surface area contributed by atoms with Crippen LogP contribution in [0.25, 0.3) is 0 Å². The van der Waals surface area contributed by atoms with E-state index in [-0.39, 0.29) is 11.8 Å². The standard InChI is InChI=1S/C9H15NO3/c1-5-3-4-6(2)9(5,7(10)11)8(12)13/h5-6H,3-4H2,1-2H3,(H2,10,11)(H,12,13). The van der Waals surface area contributed by atoms with Crippen molar-refractivity contribution in [1.29, 1.82) is 0 Å². The number of hydrogen-bond donors (Lipinski definition) is 2. The van der Waals surface area contributed by atoms with Gasteiger partial charge in [0.05, 0.1) is 0 Å². The second-order valence-corrected chi connectivity index (χ2v) is 3.92. The highest BCUT2D eigenvalue weighted by molar-refractivity contribution is 6.02. The van der Waals surface area contributed by atoms with Gasteiger partial charge in [0.15, 0.2) is 5.41 Å². The summed E-state index contributed by atoms with van der Waals surface area (Å²) in [5.74, 6) is -2.08. The summed E-state index contributed by atoms with van der Waals surface area (Å²) in [7, 11) is 0. The van der Waals surface area contributed by atoms with Gasteiger partial charge < -0.3 is 10.8 Å². The average molecular weight is 185 g/mol. The van der Waals surface area contributed by atoms with Gasteiger partial charge in [-0.1, -0.05) is 13.8 Å². The molecule has 1 fully saturated rings. The summed E-state index contributed by atoms with van der Waals surface area (Å²) >= 11 is 0. The molecule has 0 spiro atoms. The van der Waals surface area contributed by atoms with Crippen LogP contribution in [0.1, 0.15) is 26.7 Å². The summed E-state index contributed by atoms with van der Waals surface area (Å²) in [6, 6.07) is 0. The third-order valence-electron chi connectivity index (χ3n) is 3.35. The molecule has 0 aromatic heterocycles. The summed E-state index contributed by atoms with van der Waals surface area (Å²) in [4.78, 5) is 22.3. The first-order valence-electron chi connectivity index (χ1n) is 4.47. The van der Waals surface area contributed by atoms with Gasteiger partial charge in [0.1, 0.15) is 0 Å². The quantitative estimate of drug-likeness (QED) is 0.618. The van der Waals surface area contributed by atoms with Crippen molar-refractivity contribution < 1.29 is 14.7 Å².